The van der Waals surface area contributed by atoms with Crippen molar-refractivity contribution in [1.82, 2.24) is 9.66 Å². The number of para-hydroxylation sites is 1. The summed E-state index contributed by atoms with van der Waals surface area (Å²) >= 11 is 6.87. The standard InChI is InChI=1S/C26H17Br2N3O5/c1-14(26(33)34)35-22-9-7-18(28)11-16(22)13-29-31-24(30-20-5-3-2-4-19(20)25(31)32)23-12-15-10-17(27)6-8-21(15)36-23/h2-14H,1H3,(H,33,34)/t14-/m1/s1. The first kappa shape index (κ1) is 24.0. The molecule has 10 heteroatoms. The van der Waals surface area contributed by atoms with Gasteiger partial charge in [-0.3, -0.25) is 4.79 Å². The molecule has 0 aliphatic rings. The Kier molecular flexibility index (Phi) is 6.46. The Morgan fingerprint density at radius 1 is 1.11 bits per heavy atom. The van der Waals surface area contributed by atoms with Gasteiger partial charge in [0.2, 0.25) is 5.82 Å². The molecule has 3 aromatic carbocycles. The molecule has 1 N–H and O–H groups in total. The predicted octanol–water partition coefficient (Wildman–Crippen LogP) is 6.07. The number of carbonyl (C=O) groups is 1. The summed E-state index contributed by atoms with van der Waals surface area (Å²) in [6, 6.07) is 19.4. The number of furan rings is 1. The first-order valence-corrected chi connectivity index (χ1v) is 12.3. The number of carboxylic acid groups (broad SMARTS) is 1. The van der Waals surface area contributed by atoms with Crippen molar-refractivity contribution in [1.29, 1.82) is 0 Å². The van der Waals surface area contributed by atoms with E-state index in [1.165, 1.54) is 17.8 Å². The van der Waals surface area contributed by atoms with E-state index in [-0.39, 0.29) is 11.4 Å². The molecule has 0 aliphatic carbocycles. The smallest absolute Gasteiger partial charge is 0.344 e. The van der Waals surface area contributed by atoms with Crippen LogP contribution in [0.15, 0.2) is 90.0 Å². The third kappa shape index (κ3) is 4.69. The lowest BCUT2D eigenvalue weighted by molar-refractivity contribution is -0.144. The molecule has 180 valence electrons. The molecule has 5 aromatic rings. The number of rotatable bonds is 6. The van der Waals surface area contributed by atoms with Crippen molar-refractivity contribution in [2.75, 3.05) is 0 Å². The van der Waals surface area contributed by atoms with Crippen LogP contribution in [0.1, 0.15) is 12.5 Å². The highest BCUT2D eigenvalue weighted by Crippen LogP contribution is 2.29. The van der Waals surface area contributed by atoms with Gasteiger partial charge in [-0.2, -0.15) is 9.78 Å². The average molecular weight is 611 g/mol. The highest BCUT2D eigenvalue weighted by Gasteiger charge is 2.18. The predicted molar refractivity (Wildman–Crippen MR) is 144 cm³/mol. The molecule has 1 atom stereocenters. The van der Waals surface area contributed by atoms with Gasteiger partial charge >= 0.3 is 5.97 Å². The van der Waals surface area contributed by atoms with Crippen molar-refractivity contribution in [3.05, 3.63) is 91.6 Å². The molecular formula is C26H17Br2N3O5. The Morgan fingerprint density at radius 3 is 2.67 bits per heavy atom. The Bertz CT molecular complexity index is 1720. The Morgan fingerprint density at radius 2 is 1.86 bits per heavy atom. The average Bonchev–Trinajstić information content (AvgIpc) is 3.27. The third-order valence-electron chi connectivity index (χ3n) is 5.39. The van der Waals surface area contributed by atoms with Crippen LogP contribution in [-0.2, 0) is 4.79 Å². The molecule has 0 fully saturated rings. The minimum absolute atomic E-state index is 0.221. The van der Waals surface area contributed by atoms with Gasteiger partial charge < -0.3 is 14.3 Å². The number of ether oxygens (including phenoxy) is 1. The largest absolute Gasteiger partial charge is 0.479 e. The van der Waals surface area contributed by atoms with Gasteiger partial charge in [-0.05, 0) is 61.5 Å². The molecule has 2 heterocycles. The summed E-state index contributed by atoms with van der Waals surface area (Å²) in [5, 5.41) is 14.9. The lowest BCUT2D eigenvalue weighted by Gasteiger charge is -2.13. The van der Waals surface area contributed by atoms with E-state index in [4.69, 9.17) is 9.15 Å². The zero-order valence-corrected chi connectivity index (χ0v) is 21.9. The summed E-state index contributed by atoms with van der Waals surface area (Å²) in [6.07, 6.45) is 0.351. The van der Waals surface area contributed by atoms with E-state index >= 15 is 0 Å². The van der Waals surface area contributed by atoms with E-state index in [1.807, 2.05) is 18.2 Å². The van der Waals surface area contributed by atoms with Gasteiger partial charge in [0.1, 0.15) is 11.3 Å². The summed E-state index contributed by atoms with van der Waals surface area (Å²) in [5.41, 5.74) is 1.23. The molecule has 0 spiro atoms. The SMILES string of the molecule is C[C@@H](Oc1ccc(Br)cc1C=Nn1c(-c2cc3cc(Br)ccc3o2)nc2ccccc2c1=O)C(=O)O. The van der Waals surface area contributed by atoms with Crippen LogP contribution >= 0.6 is 31.9 Å². The summed E-state index contributed by atoms with van der Waals surface area (Å²) in [5.74, 6) is -0.213. The van der Waals surface area contributed by atoms with Crippen LogP contribution < -0.4 is 10.3 Å². The van der Waals surface area contributed by atoms with Gasteiger partial charge in [0.15, 0.2) is 11.9 Å². The van der Waals surface area contributed by atoms with Crippen molar-refractivity contribution < 1.29 is 19.1 Å². The monoisotopic (exact) mass is 609 g/mol. The zero-order valence-electron chi connectivity index (χ0n) is 18.7. The van der Waals surface area contributed by atoms with Gasteiger partial charge in [0, 0.05) is 19.9 Å². The first-order valence-electron chi connectivity index (χ1n) is 10.7. The second-order valence-electron chi connectivity index (χ2n) is 7.89. The van der Waals surface area contributed by atoms with Crippen LogP contribution in [0, 0.1) is 0 Å². The zero-order chi connectivity index (χ0) is 25.4. The molecule has 2 aromatic heterocycles. The second-order valence-corrected chi connectivity index (χ2v) is 9.72. The Labute approximate surface area is 221 Å². The topological polar surface area (TPSA) is 107 Å². The highest BCUT2D eigenvalue weighted by atomic mass is 79.9. The molecule has 0 amide bonds. The molecule has 0 saturated heterocycles. The normalized spacial score (nSPS) is 12.4. The first-order chi connectivity index (χ1) is 17.3. The van der Waals surface area contributed by atoms with Gasteiger partial charge in [0.05, 0.1) is 17.1 Å². The number of halogens is 2. The summed E-state index contributed by atoms with van der Waals surface area (Å²) < 4.78 is 14.4. The molecule has 0 radical (unpaired) electrons. The molecule has 5 rings (SSSR count). The number of aliphatic carboxylic acids is 1. The molecule has 36 heavy (non-hydrogen) atoms. The van der Waals surface area contributed by atoms with E-state index in [0.29, 0.717) is 33.6 Å². The fraction of sp³-hybridized carbons (Fsp3) is 0.0769. The number of nitrogens with zero attached hydrogens (tertiary/aromatic N) is 3. The number of hydrogen-bond acceptors (Lipinski definition) is 6. The summed E-state index contributed by atoms with van der Waals surface area (Å²) in [4.78, 5) is 29.4. The third-order valence-corrected chi connectivity index (χ3v) is 6.37. The summed E-state index contributed by atoms with van der Waals surface area (Å²) in [6.45, 7) is 1.43. The van der Waals surface area contributed by atoms with Crippen LogP contribution in [0.2, 0.25) is 0 Å². The van der Waals surface area contributed by atoms with Crippen molar-refractivity contribution in [3.8, 4) is 17.3 Å². The van der Waals surface area contributed by atoms with Crippen molar-refractivity contribution in [2.24, 2.45) is 5.10 Å². The molecule has 0 unspecified atom stereocenters. The maximum absolute atomic E-state index is 13.5. The number of hydrogen-bond donors (Lipinski definition) is 1. The van der Waals surface area contributed by atoms with Crippen molar-refractivity contribution >= 4 is 65.9 Å². The van der Waals surface area contributed by atoms with E-state index in [2.05, 4.69) is 41.9 Å². The van der Waals surface area contributed by atoms with Crippen LogP contribution in [0.4, 0.5) is 0 Å². The maximum Gasteiger partial charge on any atom is 0.344 e. The van der Waals surface area contributed by atoms with Gasteiger partial charge in [0.25, 0.3) is 5.56 Å². The van der Waals surface area contributed by atoms with E-state index in [0.717, 1.165) is 14.3 Å². The minimum atomic E-state index is -1.10. The van der Waals surface area contributed by atoms with E-state index in [1.54, 1.807) is 48.5 Å². The maximum atomic E-state index is 13.5. The van der Waals surface area contributed by atoms with E-state index in [9.17, 15) is 14.7 Å². The Balaban J connectivity index is 1.68. The van der Waals surface area contributed by atoms with Crippen molar-refractivity contribution in [2.45, 2.75) is 13.0 Å². The number of carboxylic acids is 1. The second kappa shape index (κ2) is 9.71. The molecule has 8 nitrogen and oxygen atoms in total. The minimum Gasteiger partial charge on any atom is -0.479 e. The van der Waals surface area contributed by atoms with E-state index < -0.39 is 12.1 Å². The lowest BCUT2D eigenvalue weighted by Crippen LogP contribution is -2.23. The highest BCUT2D eigenvalue weighted by molar-refractivity contribution is 9.10. The van der Waals surface area contributed by atoms with Crippen LogP contribution in [0.25, 0.3) is 33.5 Å². The molecule has 0 saturated carbocycles. The van der Waals surface area contributed by atoms with Crippen LogP contribution in [0.3, 0.4) is 0 Å². The summed E-state index contributed by atoms with van der Waals surface area (Å²) in [7, 11) is 0. The molecular weight excluding hydrogens is 594 g/mol. The fourth-order valence-electron chi connectivity index (χ4n) is 3.60. The van der Waals surface area contributed by atoms with Gasteiger partial charge in [-0.25, -0.2) is 9.78 Å². The molecule has 0 aliphatic heterocycles. The van der Waals surface area contributed by atoms with Gasteiger partial charge in [-0.1, -0.05) is 44.0 Å². The van der Waals surface area contributed by atoms with Crippen LogP contribution in [-0.4, -0.2) is 33.1 Å². The number of aromatic nitrogens is 2. The Hall–Kier alpha value is -3.76. The number of benzene rings is 3. The van der Waals surface area contributed by atoms with Crippen molar-refractivity contribution in [3.63, 3.8) is 0 Å². The lowest BCUT2D eigenvalue weighted by atomic mass is 10.2. The van der Waals surface area contributed by atoms with Crippen LogP contribution in [0.5, 0.6) is 5.75 Å². The fourth-order valence-corrected chi connectivity index (χ4v) is 4.36. The number of fused-ring (bicyclic) bond motifs is 2. The van der Waals surface area contributed by atoms with Gasteiger partial charge in [-0.15, -0.1) is 0 Å². The quantitative estimate of drug-likeness (QED) is 0.234. The molecule has 0 bridgehead atoms.